The summed E-state index contributed by atoms with van der Waals surface area (Å²) in [4.78, 5) is 4.14. The third kappa shape index (κ3) is 1.15. The molecule has 70 valence electrons. The van der Waals surface area contributed by atoms with Gasteiger partial charge in [-0.2, -0.15) is 5.26 Å². The van der Waals surface area contributed by atoms with E-state index in [4.69, 9.17) is 11.0 Å². The number of nitrogens with two attached hydrogens (primary N) is 1. The molecule has 0 aliphatic carbocycles. The van der Waals surface area contributed by atoms with E-state index in [0.29, 0.717) is 12.2 Å². The summed E-state index contributed by atoms with van der Waals surface area (Å²) >= 11 is 0. The van der Waals surface area contributed by atoms with Gasteiger partial charge in [0.15, 0.2) is 5.69 Å². The summed E-state index contributed by atoms with van der Waals surface area (Å²) in [5, 5.41) is 8.85. The zero-order valence-corrected chi connectivity index (χ0v) is 7.86. The lowest BCUT2D eigenvalue weighted by atomic mass is 10.3. The molecular formula is C10H10N4. The number of imidazole rings is 1. The van der Waals surface area contributed by atoms with E-state index in [0.717, 1.165) is 16.9 Å². The van der Waals surface area contributed by atoms with Crippen molar-refractivity contribution in [3.05, 3.63) is 35.4 Å². The summed E-state index contributed by atoms with van der Waals surface area (Å²) in [6.07, 6.45) is 1.94. The van der Waals surface area contributed by atoms with Crippen molar-refractivity contribution in [3.63, 3.8) is 0 Å². The average Bonchev–Trinajstić information content (AvgIpc) is 2.55. The van der Waals surface area contributed by atoms with Crippen molar-refractivity contribution in [2.45, 2.75) is 13.5 Å². The van der Waals surface area contributed by atoms with E-state index in [2.05, 4.69) is 11.1 Å². The first-order valence-corrected chi connectivity index (χ1v) is 4.34. The lowest BCUT2D eigenvalue weighted by molar-refractivity contribution is 0.899. The molecular weight excluding hydrogens is 176 g/mol. The van der Waals surface area contributed by atoms with Crippen LogP contribution in [0, 0.1) is 18.3 Å². The Bertz CT molecular complexity index is 519. The Morgan fingerprint density at radius 1 is 1.57 bits per heavy atom. The van der Waals surface area contributed by atoms with Crippen LogP contribution >= 0.6 is 0 Å². The number of aryl methyl sites for hydroxylation is 1. The normalized spacial score (nSPS) is 10.4. The van der Waals surface area contributed by atoms with Crippen LogP contribution in [0.5, 0.6) is 0 Å². The predicted octanol–water partition coefficient (Wildman–Crippen LogP) is 0.973. The molecule has 0 saturated carbocycles. The molecule has 2 aromatic heterocycles. The highest BCUT2D eigenvalue weighted by atomic mass is 15.0. The molecule has 0 radical (unpaired) electrons. The number of aromatic nitrogens is 2. The summed E-state index contributed by atoms with van der Waals surface area (Å²) in [6, 6.07) is 5.90. The van der Waals surface area contributed by atoms with Crippen LogP contribution in [-0.2, 0) is 6.54 Å². The first-order valence-electron chi connectivity index (χ1n) is 4.34. The zero-order valence-electron chi connectivity index (χ0n) is 7.86. The van der Waals surface area contributed by atoms with Crippen molar-refractivity contribution in [2.24, 2.45) is 5.73 Å². The molecule has 0 bridgehead atoms. The number of rotatable bonds is 1. The van der Waals surface area contributed by atoms with Crippen LogP contribution in [0.4, 0.5) is 0 Å². The minimum Gasteiger partial charge on any atom is -0.324 e. The second-order valence-corrected chi connectivity index (χ2v) is 3.15. The average molecular weight is 186 g/mol. The molecule has 0 aromatic carbocycles. The van der Waals surface area contributed by atoms with Crippen molar-refractivity contribution >= 4 is 5.52 Å². The van der Waals surface area contributed by atoms with E-state index >= 15 is 0 Å². The van der Waals surface area contributed by atoms with Gasteiger partial charge in [0.25, 0.3) is 0 Å². The molecule has 4 heteroatoms. The third-order valence-corrected chi connectivity index (χ3v) is 2.15. The highest BCUT2D eigenvalue weighted by Crippen LogP contribution is 2.13. The van der Waals surface area contributed by atoms with Gasteiger partial charge in [0, 0.05) is 6.20 Å². The van der Waals surface area contributed by atoms with Crippen LogP contribution in [0.3, 0.4) is 0 Å². The van der Waals surface area contributed by atoms with Gasteiger partial charge in [-0.25, -0.2) is 4.98 Å². The molecule has 2 aromatic rings. The van der Waals surface area contributed by atoms with Gasteiger partial charge in [-0.1, -0.05) is 6.07 Å². The number of pyridine rings is 1. The Morgan fingerprint density at radius 2 is 2.36 bits per heavy atom. The van der Waals surface area contributed by atoms with E-state index in [1.165, 1.54) is 0 Å². The molecule has 0 saturated heterocycles. The molecule has 0 atom stereocenters. The smallest absolute Gasteiger partial charge is 0.166 e. The van der Waals surface area contributed by atoms with Crippen molar-refractivity contribution in [2.75, 3.05) is 0 Å². The molecule has 0 fully saturated rings. The van der Waals surface area contributed by atoms with Gasteiger partial charge in [0.2, 0.25) is 0 Å². The van der Waals surface area contributed by atoms with E-state index in [-0.39, 0.29) is 0 Å². The quantitative estimate of drug-likeness (QED) is 0.721. The van der Waals surface area contributed by atoms with Gasteiger partial charge in [-0.15, -0.1) is 0 Å². The van der Waals surface area contributed by atoms with Crippen LogP contribution in [-0.4, -0.2) is 9.38 Å². The maximum absolute atomic E-state index is 8.85. The third-order valence-electron chi connectivity index (χ3n) is 2.15. The Kier molecular flexibility index (Phi) is 1.95. The number of nitriles is 1. The van der Waals surface area contributed by atoms with Crippen LogP contribution in [0.1, 0.15) is 17.1 Å². The molecule has 4 nitrogen and oxygen atoms in total. The predicted molar refractivity (Wildman–Crippen MR) is 52.5 cm³/mol. The first kappa shape index (κ1) is 8.73. The monoisotopic (exact) mass is 186 g/mol. The fraction of sp³-hybridized carbons (Fsp3) is 0.200. The SMILES string of the molecule is Cc1ccc2c(C#N)nc(CN)n2c1. The van der Waals surface area contributed by atoms with E-state index in [9.17, 15) is 0 Å². The highest BCUT2D eigenvalue weighted by Gasteiger charge is 2.08. The lowest BCUT2D eigenvalue weighted by Gasteiger charge is -1.98. The molecule has 2 N–H and O–H groups in total. The van der Waals surface area contributed by atoms with Crippen molar-refractivity contribution in [3.8, 4) is 6.07 Å². The molecule has 2 rings (SSSR count). The Labute approximate surface area is 81.6 Å². The van der Waals surface area contributed by atoms with Gasteiger partial charge in [-0.3, -0.25) is 0 Å². The largest absolute Gasteiger partial charge is 0.324 e. The second-order valence-electron chi connectivity index (χ2n) is 3.15. The van der Waals surface area contributed by atoms with Gasteiger partial charge >= 0.3 is 0 Å². The lowest BCUT2D eigenvalue weighted by Crippen LogP contribution is -2.02. The number of hydrogen-bond acceptors (Lipinski definition) is 3. The summed E-state index contributed by atoms with van der Waals surface area (Å²) in [5.74, 6) is 0.722. The second kappa shape index (κ2) is 3.13. The molecule has 14 heavy (non-hydrogen) atoms. The summed E-state index contributed by atoms with van der Waals surface area (Å²) in [6.45, 7) is 2.33. The van der Waals surface area contributed by atoms with Crippen molar-refractivity contribution in [1.82, 2.24) is 9.38 Å². The van der Waals surface area contributed by atoms with Gasteiger partial charge in [-0.05, 0) is 18.6 Å². The zero-order chi connectivity index (χ0) is 10.1. The molecule has 0 spiro atoms. The molecule has 0 amide bonds. The molecule has 0 aliphatic heterocycles. The fourth-order valence-corrected chi connectivity index (χ4v) is 1.48. The topological polar surface area (TPSA) is 67.1 Å². The van der Waals surface area contributed by atoms with Crippen molar-refractivity contribution in [1.29, 1.82) is 5.26 Å². The van der Waals surface area contributed by atoms with E-state index in [1.807, 2.05) is 29.7 Å². The Hall–Kier alpha value is -1.86. The Balaban J connectivity index is 2.84. The van der Waals surface area contributed by atoms with Crippen molar-refractivity contribution < 1.29 is 0 Å². The number of fused-ring (bicyclic) bond motifs is 1. The first-order chi connectivity index (χ1) is 6.76. The van der Waals surface area contributed by atoms with E-state index in [1.54, 1.807) is 0 Å². The minimum atomic E-state index is 0.340. The molecule has 0 aliphatic rings. The molecule has 2 heterocycles. The summed E-state index contributed by atoms with van der Waals surface area (Å²) < 4.78 is 1.87. The van der Waals surface area contributed by atoms with Gasteiger partial charge in [0.1, 0.15) is 11.9 Å². The summed E-state index contributed by atoms with van der Waals surface area (Å²) in [7, 11) is 0. The van der Waals surface area contributed by atoms with E-state index < -0.39 is 0 Å². The minimum absolute atomic E-state index is 0.340. The standard InChI is InChI=1S/C10H10N4/c1-7-2-3-9-8(4-11)13-10(5-12)14(9)6-7/h2-3,6H,5,12H2,1H3. The number of nitrogens with zero attached hydrogens (tertiary/aromatic N) is 3. The van der Waals surface area contributed by atoms with Gasteiger partial charge in [0.05, 0.1) is 12.1 Å². The fourth-order valence-electron chi connectivity index (χ4n) is 1.48. The maximum Gasteiger partial charge on any atom is 0.166 e. The molecule has 0 unspecified atom stereocenters. The summed E-state index contributed by atoms with van der Waals surface area (Å²) in [5.41, 5.74) is 7.91. The maximum atomic E-state index is 8.85. The van der Waals surface area contributed by atoms with Gasteiger partial charge < -0.3 is 10.1 Å². The highest BCUT2D eigenvalue weighted by molar-refractivity contribution is 5.59. The van der Waals surface area contributed by atoms with Crippen LogP contribution < -0.4 is 5.73 Å². The van der Waals surface area contributed by atoms with Crippen LogP contribution in [0.25, 0.3) is 5.52 Å². The van der Waals surface area contributed by atoms with Crippen LogP contribution in [0.2, 0.25) is 0 Å². The Morgan fingerprint density at radius 3 is 3.00 bits per heavy atom. The van der Waals surface area contributed by atoms with Crippen LogP contribution in [0.15, 0.2) is 18.3 Å². The number of hydrogen-bond donors (Lipinski definition) is 1.